The number of halogens is 3. The molecule has 0 aliphatic heterocycles. The van der Waals surface area contributed by atoms with Gasteiger partial charge in [0.15, 0.2) is 0 Å². The summed E-state index contributed by atoms with van der Waals surface area (Å²) in [5.74, 6) is 0.650. The monoisotopic (exact) mass is 306 g/mol. The predicted molar refractivity (Wildman–Crippen MR) is 73.3 cm³/mol. The molecule has 0 saturated heterocycles. The number of hydrogen-bond donors (Lipinski definition) is 1. The van der Waals surface area contributed by atoms with E-state index in [1.54, 1.807) is 0 Å². The summed E-state index contributed by atoms with van der Waals surface area (Å²) < 4.78 is 45.7. The first kappa shape index (κ1) is 17.7. The molecule has 0 radical (unpaired) electrons. The Balaban J connectivity index is 2.34. The van der Waals surface area contributed by atoms with Gasteiger partial charge in [0.1, 0.15) is 12.4 Å². The number of hydrogen-bond acceptors (Lipinski definition) is 4. The van der Waals surface area contributed by atoms with Crippen LogP contribution in [-0.2, 0) is 11.3 Å². The van der Waals surface area contributed by atoms with Crippen LogP contribution in [0, 0.1) is 6.92 Å². The topological polar surface area (TPSA) is 43.4 Å². The summed E-state index contributed by atoms with van der Waals surface area (Å²) in [4.78, 5) is 4.39. The molecule has 0 aromatic carbocycles. The second-order valence-electron chi connectivity index (χ2n) is 4.55. The Morgan fingerprint density at radius 1 is 1.24 bits per heavy atom. The van der Waals surface area contributed by atoms with Gasteiger partial charge in [-0.25, -0.2) is 0 Å². The van der Waals surface area contributed by atoms with Crippen LogP contribution in [0.4, 0.5) is 13.2 Å². The van der Waals surface area contributed by atoms with Crippen LogP contribution in [0.1, 0.15) is 24.7 Å². The highest BCUT2D eigenvalue weighted by Crippen LogP contribution is 2.17. The largest absolute Gasteiger partial charge is 0.492 e. The van der Waals surface area contributed by atoms with E-state index in [2.05, 4.69) is 15.0 Å². The second-order valence-corrected chi connectivity index (χ2v) is 4.55. The third-order valence-corrected chi connectivity index (χ3v) is 2.57. The number of aromatic nitrogens is 1. The first-order valence-corrected chi connectivity index (χ1v) is 6.87. The van der Waals surface area contributed by atoms with E-state index in [9.17, 15) is 13.2 Å². The molecule has 1 aromatic rings. The summed E-state index contributed by atoms with van der Waals surface area (Å²) in [5.41, 5.74) is 1.69. The quantitative estimate of drug-likeness (QED) is 0.713. The minimum Gasteiger partial charge on any atom is -0.492 e. The lowest BCUT2D eigenvalue weighted by Crippen LogP contribution is -2.18. The zero-order chi connectivity index (χ0) is 15.7. The Kier molecular flexibility index (Phi) is 7.45. The highest BCUT2D eigenvalue weighted by Gasteiger charge is 2.27. The van der Waals surface area contributed by atoms with Crippen molar-refractivity contribution in [3.05, 3.63) is 23.5 Å². The Bertz CT molecular complexity index is 425. The number of alkyl halides is 3. The molecule has 0 saturated carbocycles. The first-order valence-electron chi connectivity index (χ1n) is 6.87. The van der Waals surface area contributed by atoms with E-state index >= 15 is 0 Å². The zero-order valence-electron chi connectivity index (χ0n) is 12.3. The molecule has 0 aliphatic carbocycles. The molecule has 0 bridgehead atoms. The lowest BCUT2D eigenvalue weighted by Gasteiger charge is -2.12. The van der Waals surface area contributed by atoms with E-state index < -0.39 is 12.8 Å². The highest BCUT2D eigenvalue weighted by molar-refractivity contribution is 5.29. The lowest BCUT2D eigenvalue weighted by molar-refractivity contribution is -0.174. The van der Waals surface area contributed by atoms with Gasteiger partial charge >= 0.3 is 6.18 Å². The fraction of sp³-hybridized carbons (Fsp3) is 0.643. The summed E-state index contributed by atoms with van der Waals surface area (Å²) in [5, 5.41) is 3.17. The molecule has 0 amide bonds. The van der Waals surface area contributed by atoms with Crippen LogP contribution in [-0.4, -0.2) is 37.5 Å². The SMILES string of the molecule is CCNCc1nc(C)ccc1OCCCOCC(F)(F)F. The molecule has 0 aliphatic rings. The second kappa shape index (κ2) is 8.84. The Labute approximate surface area is 122 Å². The van der Waals surface area contributed by atoms with E-state index in [1.807, 2.05) is 26.0 Å². The first-order chi connectivity index (χ1) is 9.92. The molecule has 1 aromatic heterocycles. The lowest BCUT2D eigenvalue weighted by atomic mass is 10.3. The van der Waals surface area contributed by atoms with Gasteiger partial charge in [0.05, 0.1) is 18.9 Å². The van der Waals surface area contributed by atoms with E-state index in [1.165, 1.54) is 0 Å². The van der Waals surface area contributed by atoms with Crippen LogP contribution in [0.25, 0.3) is 0 Å². The van der Waals surface area contributed by atoms with Crippen molar-refractivity contribution >= 4 is 0 Å². The summed E-state index contributed by atoms with van der Waals surface area (Å²) in [6, 6.07) is 3.66. The summed E-state index contributed by atoms with van der Waals surface area (Å²) >= 11 is 0. The minimum atomic E-state index is -4.28. The smallest absolute Gasteiger partial charge is 0.411 e. The maximum atomic E-state index is 11.9. The average Bonchev–Trinajstić information content (AvgIpc) is 2.40. The molecule has 120 valence electrons. The maximum Gasteiger partial charge on any atom is 0.411 e. The molecule has 1 heterocycles. The van der Waals surface area contributed by atoms with E-state index in [4.69, 9.17) is 4.74 Å². The van der Waals surface area contributed by atoms with Crippen molar-refractivity contribution in [3.63, 3.8) is 0 Å². The number of rotatable bonds is 9. The van der Waals surface area contributed by atoms with Gasteiger partial charge in [-0.05, 0) is 25.6 Å². The molecular weight excluding hydrogens is 285 g/mol. The van der Waals surface area contributed by atoms with Gasteiger partial charge in [-0.2, -0.15) is 13.2 Å². The average molecular weight is 306 g/mol. The number of nitrogens with zero attached hydrogens (tertiary/aromatic N) is 1. The number of pyridine rings is 1. The third-order valence-electron chi connectivity index (χ3n) is 2.57. The summed E-state index contributed by atoms with van der Waals surface area (Å²) in [7, 11) is 0. The Morgan fingerprint density at radius 3 is 2.67 bits per heavy atom. The van der Waals surface area contributed by atoms with Gasteiger partial charge in [-0.1, -0.05) is 6.92 Å². The van der Waals surface area contributed by atoms with Crippen LogP contribution in [0.5, 0.6) is 5.75 Å². The molecule has 0 spiro atoms. The molecule has 1 rings (SSSR count). The van der Waals surface area contributed by atoms with E-state index in [-0.39, 0.29) is 6.61 Å². The number of nitrogens with one attached hydrogen (secondary N) is 1. The summed E-state index contributed by atoms with van der Waals surface area (Å²) in [6.07, 6.45) is -3.88. The van der Waals surface area contributed by atoms with Crippen molar-refractivity contribution in [2.24, 2.45) is 0 Å². The van der Waals surface area contributed by atoms with Crippen molar-refractivity contribution in [1.82, 2.24) is 10.3 Å². The third kappa shape index (κ3) is 7.87. The molecule has 1 N–H and O–H groups in total. The Hall–Kier alpha value is -1.34. The fourth-order valence-electron chi connectivity index (χ4n) is 1.63. The Morgan fingerprint density at radius 2 is 2.00 bits per heavy atom. The van der Waals surface area contributed by atoms with E-state index in [0.29, 0.717) is 25.3 Å². The normalized spacial score (nSPS) is 11.7. The van der Waals surface area contributed by atoms with Gasteiger partial charge < -0.3 is 14.8 Å². The summed E-state index contributed by atoms with van der Waals surface area (Å²) in [6.45, 7) is 4.39. The highest BCUT2D eigenvalue weighted by atomic mass is 19.4. The van der Waals surface area contributed by atoms with Crippen molar-refractivity contribution in [1.29, 1.82) is 0 Å². The van der Waals surface area contributed by atoms with Crippen LogP contribution >= 0.6 is 0 Å². The van der Waals surface area contributed by atoms with Crippen molar-refractivity contribution in [2.75, 3.05) is 26.4 Å². The molecule has 7 heteroatoms. The maximum absolute atomic E-state index is 11.9. The van der Waals surface area contributed by atoms with E-state index in [0.717, 1.165) is 17.9 Å². The predicted octanol–water partition coefficient (Wildman–Crippen LogP) is 2.85. The fourth-order valence-corrected chi connectivity index (χ4v) is 1.63. The zero-order valence-corrected chi connectivity index (χ0v) is 12.3. The standard InChI is InChI=1S/C14H21F3N2O2/c1-3-18-9-12-13(6-5-11(2)19-12)21-8-4-7-20-10-14(15,16)17/h5-6,18H,3-4,7-10H2,1-2H3. The van der Waals surface area contributed by atoms with Gasteiger partial charge in [0.25, 0.3) is 0 Å². The van der Waals surface area contributed by atoms with Gasteiger partial charge in [0, 0.05) is 18.7 Å². The number of aryl methyl sites for hydroxylation is 1. The number of ether oxygens (including phenoxy) is 2. The van der Waals surface area contributed by atoms with Crippen LogP contribution in [0.2, 0.25) is 0 Å². The van der Waals surface area contributed by atoms with Gasteiger partial charge in [-0.3, -0.25) is 4.98 Å². The van der Waals surface area contributed by atoms with Crippen molar-refractivity contribution in [2.45, 2.75) is 33.0 Å². The minimum absolute atomic E-state index is 0.0152. The molecule has 0 atom stereocenters. The van der Waals surface area contributed by atoms with Crippen LogP contribution in [0.3, 0.4) is 0 Å². The molecule has 0 unspecified atom stereocenters. The van der Waals surface area contributed by atoms with Gasteiger partial charge in [-0.15, -0.1) is 0 Å². The van der Waals surface area contributed by atoms with Crippen molar-refractivity contribution < 1.29 is 22.6 Å². The molecular formula is C14H21F3N2O2. The molecule has 21 heavy (non-hydrogen) atoms. The van der Waals surface area contributed by atoms with Gasteiger partial charge in [0.2, 0.25) is 0 Å². The van der Waals surface area contributed by atoms with Crippen LogP contribution in [0.15, 0.2) is 12.1 Å². The molecule has 4 nitrogen and oxygen atoms in total. The van der Waals surface area contributed by atoms with Crippen molar-refractivity contribution in [3.8, 4) is 5.75 Å². The van der Waals surface area contributed by atoms with Crippen LogP contribution < -0.4 is 10.1 Å². The molecule has 0 fully saturated rings.